The summed E-state index contributed by atoms with van der Waals surface area (Å²) < 4.78 is 1.95. The number of aromatic hydroxyl groups is 1. The highest BCUT2D eigenvalue weighted by Crippen LogP contribution is 2.28. The third-order valence-electron chi connectivity index (χ3n) is 4.85. The van der Waals surface area contributed by atoms with Crippen LogP contribution in [0.3, 0.4) is 0 Å². The maximum Gasteiger partial charge on any atom is 0.336 e. The van der Waals surface area contributed by atoms with E-state index in [2.05, 4.69) is 15.2 Å². The number of nitrogens with zero attached hydrogens (tertiary/aromatic N) is 4. The van der Waals surface area contributed by atoms with Gasteiger partial charge < -0.3 is 14.8 Å². The zero-order chi connectivity index (χ0) is 20.5. The van der Waals surface area contributed by atoms with Gasteiger partial charge in [-0.1, -0.05) is 56.3 Å². The number of carboxylic acids is 1. The van der Waals surface area contributed by atoms with Gasteiger partial charge in [-0.25, -0.2) is 9.78 Å². The second kappa shape index (κ2) is 7.35. The molecule has 7 nitrogen and oxygen atoms in total. The summed E-state index contributed by atoms with van der Waals surface area (Å²) in [4.78, 5) is 16.1. The largest absolute Gasteiger partial charge is 0.491 e. The molecule has 146 valence electrons. The van der Waals surface area contributed by atoms with Gasteiger partial charge in [-0.15, -0.1) is 5.10 Å². The van der Waals surface area contributed by atoms with E-state index in [1.807, 2.05) is 48.7 Å². The SMILES string of the molecule is CC(C)c1nc2cnnc(O)c2n1Cc1ccc(-c2ccccc2C(=O)O)cc1. The lowest BCUT2D eigenvalue weighted by atomic mass is 9.98. The molecule has 0 aliphatic rings. The number of rotatable bonds is 5. The fourth-order valence-electron chi connectivity index (χ4n) is 3.49. The van der Waals surface area contributed by atoms with E-state index in [0.29, 0.717) is 23.1 Å². The summed E-state index contributed by atoms with van der Waals surface area (Å²) >= 11 is 0. The Labute approximate surface area is 167 Å². The van der Waals surface area contributed by atoms with Crippen molar-refractivity contribution in [3.05, 3.63) is 71.7 Å². The van der Waals surface area contributed by atoms with E-state index in [9.17, 15) is 15.0 Å². The zero-order valence-corrected chi connectivity index (χ0v) is 16.1. The van der Waals surface area contributed by atoms with Crippen LogP contribution in [0, 0.1) is 0 Å². The van der Waals surface area contributed by atoms with Crippen molar-refractivity contribution < 1.29 is 15.0 Å². The smallest absolute Gasteiger partial charge is 0.336 e. The first kappa shape index (κ1) is 18.6. The predicted octanol–water partition coefficient (Wildman–Crippen LogP) is 4.07. The molecule has 2 aromatic carbocycles. The number of aromatic nitrogens is 4. The average Bonchev–Trinajstić information content (AvgIpc) is 3.08. The normalized spacial score (nSPS) is 11.3. The fourth-order valence-corrected chi connectivity index (χ4v) is 3.49. The van der Waals surface area contributed by atoms with Crippen LogP contribution >= 0.6 is 0 Å². The van der Waals surface area contributed by atoms with Crippen LogP contribution in [0.4, 0.5) is 0 Å². The number of aromatic carboxylic acids is 1. The number of hydrogen-bond acceptors (Lipinski definition) is 5. The van der Waals surface area contributed by atoms with Gasteiger partial charge in [0.1, 0.15) is 16.9 Å². The summed E-state index contributed by atoms with van der Waals surface area (Å²) in [5.74, 6) is -0.101. The van der Waals surface area contributed by atoms with Crippen LogP contribution in [0.25, 0.3) is 22.2 Å². The van der Waals surface area contributed by atoms with E-state index in [-0.39, 0.29) is 17.4 Å². The molecule has 0 spiro atoms. The standard InChI is InChI=1S/C22H20N4O3/c1-13(2)20-24-18-11-23-25-21(27)19(18)26(20)12-14-7-9-15(10-8-14)16-5-3-4-6-17(16)22(28)29/h3-11,13H,12H2,1-2H3,(H,25,27)(H,28,29). The Morgan fingerprint density at radius 1 is 1.10 bits per heavy atom. The Morgan fingerprint density at radius 2 is 1.83 bits per heavy atom. The van der Waals surface area contributed by atoms with Crippen LogP contribution in [-0.2, 0) is 6.54 Å². The molecule has 0 aliphatic carbocycles. The minimum absolute atomic E-state index is 0.145. The van der Waals surface area contributed by atoms with Crippen LogP contribution in [0.1, 0.15) is 41.5 Å². The topological polar surface area (TPSA) is 101 Å². The van der Waals surface area contributed by atoms with Gasteiger partial charge in [0.05, 0.1) is 11.8 Å². The Hall–Kier alpha value is -3.74. The predicted molar refractivity (Wildman–Crippen MR) is 109 cm³/mol. The highest BCUT2D eigenvalue weighted by molar-refractivity contribution is 5.96. The van der Waals surface area contributed by atoms with E-state index in [1.54, 1.807) is 24.4 Å². The van der Waals surface area contributed by atoms with Crippen molar-refractivity contribution >= 4 is 17.0 Å². The molecule has 29 heavy (non-hydrogen) atoms. The maximum atomic E-state index is 11.5. The lowest BCUT2D eigenvalue weighted by molar-refractivity contribution is 0.0697. The molecular weight excluding hydrogens is 368 g/mol. The Bertz CT molecular complexity index is 1200. The molecule has 2 N–H and O–H groups in total. The first-order valence-corrected chi connectivity index (χ1v) is 9.28. The van der Waals surface area contributed by atoms with Crippen molar-refractivity contribution in [3.8, 4) is 17.0 Å². The number of benzene rings is 2. The Kier molecular flexibility index (Phi) is 4.72. The number of carbonyl (C=O) groups is 1. The summed E-state index contributed by atoms with van der Waals surface area (Å²) in [5.41, 5.74) is 3.94. The molecule has 4 aromatic rings. The molecular formula is C22H20N4O3. The molecule has 4 rings (SSSR count). The van der Waals surface area contributed by atoms with Crippen LogP contribution in [0.5, 0.6) is 5.88 Å². The summed E-state index contributed by atoms with van der Waals surface area (Å²) in [6.07, 6.45) is 1.55. The fraction of sp³-hybridized carbons (Fsp3) is 0.182. The van der Waals surface area contributed by atoms with E-state index >= 15 is 0 Å². The Morgan fingerprint density at radius 3 is 2.52 bits per heavy atom. The van der Waals surface area contributed by atoms with Crippen molar-refractivity contribution in [2.24, 2.45) is 0 Å². The minimum Gasteiger partial charge on any atom is -0.491 e. The highest BCUT2D eigenvalue weighted by Gasteiger charge is 2.18. The molecule has 2 aromatic heterocycles. The van der Waals surface area contributed by atoms with E-state index < -0.39 is 5.97 Å². The summed E-state index contributed by atoms with van der Waals surface area (Å²) in [7, 11) is 0. The van der Waals surface area contributed by atoms with Crippen molar-refractivity contribution in [3.63, 3.8) is 0 Å². The van der Waals surface area contributed by atoms with Crippen LogP contribution in [0.15, 0.2) is 54.7 Å². The minimum atomic E-state index is -0.951. The first-order chi connectivity index (χ1) is 14.0. The van der Waals surface area contributed by atoms with Crippen molar-refractivity contribution in [1.82, 2.24) is 19.7 Å². The van der Waals surface area contributed by atoms with Gasteiger partial charge in [0.2, 0.25) is 0 Å². The van der Waals surface area contributed by atoms with Gasteiger partial charge in [0.15, 0.2) is 0 Å². The van der Waals surface area contributed by atoms with Gasteiger partial charge in [-0.05, 0) is 22.8 Å². The number of imidazole rings is 1. The van der Waals surface area contributed by atoms with Gasteiger partial charge in [0, 0.05) is 12.5 Å². The molecule has 7 heteroatoms. The quantitative estimate of drug-likeness (QED) is 0.534. The van der Waals surface area contributed by atoms with Gasteiger partial charge in [0.25, 0.3) is 5.88 Å². The number of carboxylic acid groups (broad SMARTS) is 1. The lowest BCUT2D eigenvalue weighted by Crippen LogP contribution is -2.07. The molecule has 0 atom stereocenters. The summed E-state index contributed by atoms with van der Waals surface area (Å²) in [6, 6.07) is 14.7. The van der Waals surface area contributed by atoms with Crippen LogP contribution in [-0.4, -0.2) is 35.9 Å². The molecule has 0 unspecified atom stereocenters. The molecule has 0 saturated heterocycles. The third-order valence-corrected chi connectivity index (χ3v) is 4.85. The molecule has 0 aliphatic heterocycles. The second-order valence-electron chi connectivity index (χ2n) is 7.16. The van der Waals surface area contributed by atoms with Crippen LogP contribution in [0.2, 0.25) is 0 Å². The zero-order valence-electron chi connectivity index (χ0n) is 16.1. The van der Waals surface area contributed by atoms with Crippen molar-refractivity contribution in [2.45, 2.75) is 26.3 Å². The van der Waals surface area contributed by atoms with Gasteiger partial charge in [-0.2, -0.15) is 5.10 Å². The highest BCUT2D eigenvalue weighted by atomic mass is 16.4. The Balaban J connectivity index is 1.72. The molecule has 0 fully saturated rings. The summed E-state index contributed by atoms with van der Waals surface area (Å²) in [6.45, 7) is 4.59. The monoisotopic (exact) mass is 388 g/mol. The molecule has 0 amide bonds. The second-order valence-corrected chi connectivity index (χ2v) is 7.16. The lowest BCUT2D eigenvalue weighted by Gasteiger charge is -2.13. The molecule has 0 saturated carbocycles. The van der Waals surface area contributed by atoms with Gasteiger partial charge >= 0.3 is 5.97 Å². The average molecular weight is 388 g/mol. The number of hydrogen-bond donors (Lipinski definition) is 2. The van der Waals surface area contributed by atoms with E-state index in [0.717, 1.165) is 17.0 Å². The van der Waals surface area contributed by atoms with Crippen molar-refractivity contribution in [2.75, 3.05) is 0 Å². The van der Waals surface area contributed by atoms with E-state index in [1.165, 1.54) is 0 Å². The van der Waals surface area contributed by atoms with Gasteiger partial charge in [-0.3, -0.25) is 0 Å². The maximum absolute atomic E-state index is 11.5. The first-order valence-electron chi connectivity index (χ1n) is 9.28. The molecule has 2 heterocycles. The summed E-state index contributed by atoms with van der Waals surface area (Å²) in [5, 5.41) is 27.2. The number of fused-ring (bicyclic) bond motifs is 1. The third kappa shape index (κ3) is 3.42. The molecule has 0 radical (unpaired) electrons. The van der Waals surface area contributed by atoms with Crippen LogP contribution < -0.4 is 0 Å². The van der Waals surface area contributed by atoms with Crippen molar-refractivity contribution in [1.29, 1.82) is 0 Å². The van der Waals surface area contributed by atoms with E-state index in [4.69, 9.17) is 0 Å². The molecule has 0 bridgehead atoms.